The Bertz CT molecular complexity index is 740. The fourth-order valence-electron chi connectivity index (χ4n) is 3.97. The summed E-state index contributed by atoms with van der Waals surface area (Å²) in [6, 6.07) is 7.97. The largest absolute Gasteiger partial charge is 0.372 e. The van der Waals surface area contributed by atoms with E-state index in [1.165, 1.54) is 18.5 Å². The second-order valence-electron chi connectivity index (χ2n) is 7.88. The van der Waals surface area contributed by atoms with Gasteiger partial charge in [-0.1, -0.05) is 13.8 Å². The van der Waals surface area contributed by atoms with Gasteiger partial charge in [-0.05, 0) is 56.0 Å². The minimum absolute atomic E-state index is 0.0466. The maximum absolute atomic E-state index is 12.4. The molecule has 2 fully saturated rings. The van der Waals surface area contributed by atoms with Crippen molar-refractivity contribution in [3.8, 4) is 0 Å². The lowest BCUT2D eigenvalue weighted by atomic mass is 9.99. The van der Waals surface area contributed by atoms with Crippen molar-refractivity contribution < 1.29 is 13.2 Å². The summed E-state index contributed by atoms with van der Waals surface area (Å²) in [7, 11) is -2.94. The fourth-order valence-corrected chi connectivity index (χ4v) is 5.73. The molecule has 1 N–H and O–H groups in total. The third kappa shape index (κ3) is 5.45. The predicted octanol–water partition coefficient (Wildman–Crippen LogP) is 2.37. The Hall–Kier alpha value is -1.60. The van der Waals surface area contributed by atoms with Crippen molar-refractivity contribution in [2.45, 2.75) is 39.2 Å². The third-order valence-corrected chi connectivity index (χ3v) is 7.53. The Kier molecular flexibility index (Phi) is 6.42. The molecule has 150 valence electrons. The lowest BCUT2D eigenvalue weighted by Crippen LogP contribution is -2.41. The molecule has 1 aromatic carbocycles. The Morgan fingerprint density at radius 3 is 2.41 bits per heavy atom. The molecule has 1 aromatic rings. The van der Waals surface area contributed by atoms with E-state index < -0.39 is 9.84 Å². The Labute approximate surface area is 162 Å². The molecule has 2 aliphatic heterocycles. The molecule has 3 rings (SSSR count). The van der Waals surface area contributed by atoms with Crippen molar-refractivity contribution >= 4 is 27.1 Å². The molecule has 2 aliphatic rings. The summed E-state index contributed by atoms with van der Waals surface area (Å²) >= 11 is 0. The molecular weight excluding hydrogens is 362 g/mol. The van der Waals surface area contributed by atoms with Gasteiger partial charge >= 0.3 is 0 Å². The molecule has 7 heteroatoms. The van der Waals surface area contributed by atoms with Gasteiger partial charge in [0, 0.05) is 30.5 Å². The van der Waals surface area contributed by atoms with Crippen LogP contribution < -0.4 is 10.2 Å². The van der Waals surface area contributed by atoms with Crippen LogP contribution in [-0.2, 0) is 14.6 Å². The molecule has 0 saturated carbocycles. The highest BCUT2D eigenvalue weighted by molar-refractivity contribution is 7.91. The second kappa shape index (κ2) is 8.61. The number of amides is 1. The summed E-state index contributed by atoms with van der Waals surface area (Å²) in [6.45, 7) is 7.33. The van der Waals surface area contributed by atoms with Crippen molar-refractivity contribution in [1.29, 1.82) is 0 Å². The topological polar surface area (TPSA) is 69.7 Å². The summed E-state index contributed by atoms with van der Waals surface area (Å²) in [4.78, 5) is 16.8. The highest BCUT2D eigenvalue weighted by atomic mass is 32.2. The van der Waals surface area contributed by atoms with Gasteiger partial charge in [0.15, 0.2) is 9.84 Å². The summed E-state index contributed by atoms with van der Waals surface area (Å²) < 4.78 is 23.4. The van der Waals surface area contributed by atoms with Gasteiger partial charge in [-0.3, -0.25) is 9.69 Å². The number of carbonyl (C=O) groups excluding carboxylic acids is 1. The molecule has 0 spiro atoms. The van der Waals surface area contributed by atoms with Crippen molar-refractivity contribution in [3.63, 3.8) is 0 Å². The van der Waals surface area contributed by atoms with E-state index in [1.54, 1.807) is 0 Å². The number of hydrogen-bond acceptors (Lipinski definition) is 5. The Balaban J connectivity index is 1.53. The first-order chi connectivity index (χ1) is 12.9. The van der Waals surface area contributed by atoms with Crippen LogP contribution in [0.1, 0.15) is 33.1 Å². The molecule has 27 heavy (non-hydrogen) atoms. The van der Waals surface area contributed by atoms with Gasteiger partial charge in [0.25, 0.3) is 0 Å². The molecule has 1 unspecified atom stereocenters. The van der Waals surface area contributed by atoms with E-state index in [1.807, 2.05) is 24.0 Å². The van der Waals surface area contributed by atoms with Crippen LogP contribution in [-0.4, -0.2) is 63.0 Å². The normalized spacial score (nSPS) is 22.9. The maximum Gasteiger partial charge on any atom is 0.238 e. The second-order valence-corrected chi connectivity index (χ2v) is 10.1. The highest BCUT2D eigenvalue weighted by Gasteiger charge is 2.32. The lowest BCUT2D eigenvalue weighted by Gasteiger charge is -2.32. The number of sulfone groups is 1. The van der Waals surface area contributed by atoms with Gasteiger partial charge < -0.3 is 10.2 Å². The number of likely N-dealkylation sites (N-methyl/N-ethyl adjacent to an activating group) is 1. The van der Waals surface area contributed by atoms with E-state index in [0.717, 1.165) is 24.7 Å². The minimum atomic E-state index is -2.94. The predicted molar refractivity (Wildman–Crippen MR) is 110 cm³/mol. The van der Waals surface area contributed by atoms with Crippen LogP contribution >= 0.6 is 0 Å². The van der Waals surface area contributed by atoms with Crippen LogP contribution in [0.4, 0.5) is 11.4 Å². The number of nitrogens with zero attached hydrogens (tertiary/aromatic N) is 2. The van der Waals surface area contributed by atoms with Crippen LogP contribution in [0.3, 0.4) is 0 Å². The summed E-state index contributed by atoms with van der Waals surface area (Å²) in [5, 5.41) is 2.94. The van der Waals surface area contributed by atoms with Crippen LogP contribution in [0.25, 0.3) is 0 Å². The van der Waals surface area contributed by atoms with Gasteiger partial charge in [-0.15, -0.1) is 0 Å². The summed E-state index contributed by atoms with van der Waals surface area (Å²) in [6.07, 6.45) is 3.07. The van der Waals surface area contributed by atoms with Crippen molar-refractivity contribution in [1.82, 2.24) is 4.90 Å². The van der Waals surface area contributed by atoms with Crippen molar-refractivity contribution in [2.24, 2.45) is 5.92 Å². The van der Waals surface area contributed by atoms with Gasteiger partial charge in [-0.25, -0.2) is 8.42 Å². The van der Waals surface area contributed by atoms with E-state index in [9.17, 15) is 13.2 Å². The van der Waals surface area contributed by atoms with Gasteiger partial charge in [0.1, 0.15) is 0 Å². The van der Waals surface area contributed by atoms with E-state index in [0.29, 0.717) is 13.0 Å². The zero-order valence-corrected chi connectivity index (χ0v) is 17.2. The zero-order chi connectivity index (χ0) is 19.4. The average Bonchev–Trinajstić information content (AvgIpc) is 3.01. The lowest BCUT2D eigenvalue weighted by molar-refractivity contribution is -0.117. The summed E-state index contributed by atoms with van der Waals surface area (Å²) in [5.41, 5.74) is 1.98. The van der Waals surface area contributed by atoms with Gasteiger partial charge in [0.05, 0.1) is 18.1 Å². The average molecular weight is 394 g/mol. The molecule has 0 aromatic heterocycles. The number of benzene rings is 1. The molecule has 1 amide bonds. The van der Waals surface area contributed by atoms with Crippen molar-refractivity contribution in [2.75, 3.05) is 47.9 Å². The van der Waals surface area contributed by atoms with Crippen molar-refractivity contribution in [3.05, 3.63) is 24.3 Å². The standard InChI is InChI=1S/C20H31N3O3S/c1-3-22(19-10-13-27(25,26)15-19)14-20(24)21-17-4-6-18(7-5-17)23-11-8-16(2)9-12-23/h4-7,16,19H,3,8-15H2,1-2H3,(H,21,24). The molecular formula is C20H31N3O3S. The summed E-state index contributed by atoms with van der Waals surface area (Å²) in [5.74, 6) is 1.10. The number of anilines is 2. The third-order valence-electron chi connectivity index (χ3n) is 5.78. The van der Waals surface area contributed by atoms with E-state index in [-0.39, 0.29) is 30.0 Å². The first kappa shape index (κ1) is 20.1. The molecule has 0 aliphatic carbocycles. The zero-order valence-electron chi connectivity index (χ0n) is 16.4. The van der Waals surface area contributed by atoms with Gasteiger partial charge in [0.2, 0.25) is 5.91 Å². The van der Waals surface area contributed by atoms with Crippen LogP contribution in [0, 0.1) is 5.92 Å². The number of piperidine rings is 1. The number of rotatable bonds is 6. The molecule has 1 atom stereocenters. The minimum Gasteiger partial charge on any atom is -0.372 e. The number of nitrogens with one attached hydrogen (secondary N) is 1. The first-order valence-corrected chi connectivity index (χ1v) is 11.8. The van der Waals surface area contributed by atoms with E-state index >= 15 is 0 Å². The van der Waals surface area contributed by atoms with Crippen LogP contribution in [0.2, 0.25) is 0 Å². The maximum atomic E-state index is 12.4. The van der Waals surface area contributed by atoms with Crippen LogP contribution in [0.5, 0.6) is 0 Å². The number of hydrogen-bond donors (Lipinski definition) is 1. The van der Waals surface area contributed by atoms with E-state index in [2.05, 4.69) is 29.3 Å². The highest BCUT2D eigenvalue weighted by Crippen LogP contribution is 2.24. The molecule has 0 bridgehead atoms. The molecule has 2 heterocycles. The van der Waals surface area contributed by atoms with Gasteiger partial charge in [-0.2, -0.15) is 0 Å². The first-order valence-electron chi connectivity index (χ1n) is 9.95. The van der Waals surface area contributed by atoms with E-state index in [4.69, 9.17) is 0 Å². The molecule has 6 nitrogen and oxygen atoms in total. The Morgan fingerprint density at radius 1 is 1.19 bits per heavy atom. The Morgan fingerprint density at radius 2 is 1.85 bits per heavy atom. The molecule has 0 radical (unpaired) electrons. The molecule has 2 saturated heterocycles. The smallest absolute Gasteiger partial charge is 0.238 e. The monoisotopic (exact) mass is 393 g/mol. The SMILES string of the molecule is CCN(CC(=O)Nc1ccc(N2CCC(C)CC2)cc1)C1CCS(=O)(=O)C1. The fraction of sp³-hybridized carbons (Fsp3) is 0.650. The quantitative estimate of drug-likeness (QED) is 0.804. The number of carbonyl (C=O) groups is 1. The van der Waals surface area contributed by atoms with Crippen LogP contribution in [0.15, 0.2) is 24.3 Å².